The van der Waals surface area contributed by atoms with Crippen LogP contribution in [-0.4, -0.2) is 17.6 Å². The maximum Gasteiger partial charge on any atom is 0.573 e. The van der Waals surface area contributed by atoms with Crippen molar-refractivity contribution < 1.29 is 35.9 Å². The molecule has 1 aromatic rings. The van der Waals surface area contributed by atoms with Crippen molar-refractivity contribution >= 4 is 6.29 Å². The van der Waals surface area contributed by atoms with Crippen LogP contribution in [0.15, 0.2) is 6.07 Å². The number of aromatic nitrogens is 1. The van der Waals surface area contributed by atoms with Gasteiger partial charge in [0.2, 0.25) is 5.95 Å². The van der Waals surface area contributed by atoms with Gasteiger partial charge in [0.15, 0.2) is 12.0 Å². The summed E-state index contributed by atoms with van der Waals surface area (Å²) in [6, 6.07) is 0.0875. The quantitative estimate of drug-likeness (QED) is 0.476. The molecule has 0 aliphatic heterocycles. The van der Waals surface area contributed by atoms with Gasteiger partial charge in [-0.1, -0.05) is 0 Å². The van der Waals surface area contributed by atoms with Crippen molar-refractivity contribution in [2.45, 2.75) is 12.8 Å². The van der Waals surface area contributed by atoms with E-state index in [0.717, 1.165) is 0 Å². The summed E-state index contributed by atoms with van der Waals surface area (Å²) in [5, 5.41) is 0. The average molecular weight is 259 g/mol. The number of alkyl halides is 5. The van der Waals surface area contributed by atoms with Gasteiger partial charge < -0.3 is 4.74 Å². The van der Waals surface area contributed by atoms with Crippen LogP contribution < -0.4 is 4.74 Å². The Morgan fingerprint density at radius 2 is 1.94 bits per heavy atom. The summed E-state index contributed by atoms with van der Waals surface area (Å²) in [6.45, 7) is 0. The molecule has 0 aliphatic rings. The first kappa shape index (κ1) is 13.3. The van der Waals surface area contributed by atoms with Crippen molar-refractivity contribution in [2.75, 3.05) is 0 Å². The zero-order chi connectivity index (χ0) is 13.2. The van der Waals surface area contributed by atoms with Crippen molar-refractivity contribution in [1.82, 2.24) is 4.98 Å². The smallest absolute Gasteiger partial charge is 0.403 e. The number of hydrogen-bond donors (Lipinski definition) is 0. The highest BCUT2D eigenvalue weighted by Crippen LogP contribution is 2.30. The standard InChI is InChI=1S/C8H3F6NO2/c9-6(10)3-1-5(17-8(12,13)14)4(2-16)15-7(3)11/h1-2,6H. The number of nitrogens with zero attached hydrogens (tertiary/aromatic N) is 1. The van der Waals surface area contributed by atoms with Gasteiger partial charge in [0.1, 0.15) is 5.69 Å². The van der Waals surface area contributed by atoms with Gasteiger partial charge in [-0.15, -0.1) is 13.2 Å². The number of pyridine rings is 1. The van der Waals surface area contributed by atoms with E-state index in [9.17, 15) is 31.1 Å². The van der Waals surface area contributed by atoms with Crippen LogP contribution in [0, 0.1) is 5.95 Å². The topological polar surface area (TPSA) is 39.2 Å². The van der Waals surface area contributed by atoms with E-state index in [0.29, 0.717) is 0 Å². The molecule has 1 heterocycles. The summed E-state index contributed by atoms with van der Waals surface area (Å²) >= 11 is 0. The molecule has 0 bridgehead atoms. The molecule has 0 radical (unpaired) electrons. The minimum Gasteiger partial charge on any atom is -0.403 e. The maximum absolute atomic E-state index is 12.8. The Labute approximate surface area is 90.0 Å². The summed E-state index contributed by atoms with van der Waals surface area (Å²) < 4.78 is 76.0. The zero-order valence-electron chi connectivity index (χ0n) is 7.76. The fraction of sp³-hybridized carbons (Fsp3) is 0.250. The lowest BCUT2D eigenvalue weighted by atomic mass is 10.2. The van der Waals surface area contributed by atoms with Gasteiger partial charge in [0.05, 0.1) is 5.56 Å². The Hall–Kier alpha value is -1.80. The highest BCUT2D eigenvalue weighted by molar-refractivity contribution is 5.76. The van der Waals surface area contributed by atoms with E-state index in [1.54, 1.807) is 0 Å². The van der Waals surface area contributed by atoms with E-state index >= 15 is 0 Å². The summed E-state index contributed by atoms with van der Waals surface area (Å²) in [6.07, 6.45) is -8.81. The van der Waals surface area contributed by atoms with Gasteiger partial charge in [-0.2, -0.15) is 4.39 Å². The second kappa shape index (κ2) is 4.60. The van der Waals surface area contributed by atoms with E-state index < -0.39 is 35.7 Å². The van der Waals surface area contributed by atoms with Crippen molar-refractivity contribution in [3.8, 4) is 5.75 Å². The molecular formula is C8H3F6NO2. The van der Waals surface area contributed by atoms with E-state index in [1.807, 2.05) is 0 Å². The summed E-state index contributed by atoms with van der Waals surface area (Å²) in [5.74, 6) is -3.00. The van der Waals surface area contributed by atoms with Crippen LogP contribution >= 0.6 is 0 Å². The molecule has 1 aromatic heterocycles. The second-order valence-corrected chi connectivity index (χ2v) is 2.72. The second-order valence-electron chi connectivity index (χ2n) is 2.72. The number of ether oxygens (including phenoxy) is 1. The van der Waals surface area contributed by atoms with Crippen LogP contribution in [0.2, 0.25) is 0 Å². The Morgan fingerprint density at radius 1 is 1.35 bits per heavy atom. The lowest BCUT2D eigenvalue weighted by Crippen LogP contribution is -2.19. The largest absolute Gasteiger partial charge is 0.573 e. The molecule has 17 heavy (non-hydrogen) atoms. The first-order chi connectivity index (χ1) is 7.74. The molecule has 0 N–H and O–H groups in total. The number of hydrogen-bond acceptors (Lipinski definition) is 3. The van der Waals surface area contributed by atoms with Crippen LogP contribution in [0.4, 0.5) is 26.3 Å². The lowest BCUT2D eigenvalue weighted by molar-refractivity contribution is -0.274. The van der Waals surface area contributed by atoms with Gasteiger partial charge in [0.25, 0.3) is 6.43 Å². The van der Waals surface area contributed by atoms with Crippen molar-refractivity contribution in [1.29, 1.82) is 0 Å². The number of halogens is 6. The molecule has 0 amide bonds. The SMILES string of the molecule is O=Cc1nc(F)c(C(F)F)cc1OC(F)(F)F. The molecule has 0 unspecified atom stereocenters. The molecule has 0 saturated carbocycles. The summed E-state index contributed by atoms with van der Waals surface area (Å²) in [5.41, 5.74) is -2.43. The molecule has 0 aliphatic carbocycles. The molecule has 1 rings (SSSR count). The number of carbonyl (C=O) groups is 1. The van der Waals surface area contributed by atoms with Crippen molar-refractivity contribution in [3.05, 3.63) is 23.3 Å². The predicted octanol–water partition coefficient (Wildman–Crippen LogP) is 2.87. The van der Waals surface area contributed by atoms with E-state index in [4.69, 9.17) is 0 Å². The van der Waals surface area contributed by atoms with Crippen LogP contribution in [0.5, 0.6) is 5.75 Å². The van der Waals surface area contributed by atoms with Crippen LogP contribution in [0.3, 0.4) is 0 Å². The van der Waals surface area contributed by atoms with Gasteiger partial charge in [-0.25, -0.2) is 13.8 Å². The molecule has 94 valence electrons. The molecule has 9 heteroatoms. The van der Waals surface area contributed by atoms with Gasteiger partial charge in [0, 0.05) is 0 Å². The third-order valence-corrected chi connectivity index (χ3v) is 1.57. The molecule has 3 nitrogen and oxygen atoms in total. The number of rotatable bonds is 3. The fourth-order valence-corrected chi connectivity index (χ4v) is 0.944. The number of aldehydes is 1. The first-order valence-corrected chi connectivity index (χ1v) is 3.94. The monoisotopic (exact) mass is 259 g/mol. The van der Waals surface area contributed by atoms with Crippen LogP contribution in [0.25, 0.3) is 0 Å². The third-order valence-electron chi connectivity index (χ3n) is 1.57. The molecule has 0 atom stereocenters. The zero-order valence-corrected chi connectivity index (χ0v) is 7.76. The van der Waals surface area contributed by atoms with Crippen LogP contribution in [-0.2, 0) is 0 Å². The molecule has 0 spiro atoms. The minimum absolute atomic E-state index is 0.0875. The predicted molar refractivity (Wildman–Crippen MR) is 41.2 cm³/mol. The third kappa shape index (κ3) is 3.33. The minimum atomic E-state index is -5.20. The van der Waals surface area contributed by atoms with Gasteiger partial charge >= 0.3 is 6.36 Å². The average Bonchev–Trinajstić information content (AvgIpc) is 2.17. The summed E-state index contributed by atoms with van der Waals surface area (Å²) in [4.78, 5) is 12.9. The van der Waals surface area contributed by atoms with E-state index in [-0.39, 0.29) is 12.4 Å². The van der Waals surface area contributed by atoms with Crippen molar-refractivity contribution in [3.63, 3.8) is 0 Å². The molecule has 0 saturated heterocycles. The highest BCUT2D eigenvalue weighted by atomic mass is 19.4. The Morgan fingerprint density at radius 3 is 2.35 bits per heavy atom. The molecular weight excluding hydrogens is 256 g/mol. The summed E-state index contributed by atoms with van der Waals surface area (Å²) in [7, 11) is 0. The Kier molecular flexibility index (Phi) is 3.59. The van der Waals surface area contributed by atoms with Crippen molar-refractivity contribution in [2.24, 2.45) is 0 Å². The van der Waals surface area contributed by atoms with E-state index in [2.05, 4.69) is 9.72 Å². The number of carbonyl (C=O) groups excluding carboxylic acids is 1. The molecule has 0 fully saturated rings. The van der Waals surface area contributed by atoms with Gasteiger partial charge in [-0.05, 0) is 6.07 Å². The van der Waals surface area contributed by atoms with E-state index in [1.165, 1.54) is 0 Å². The Bertz CT molecular complexity index is 431. The maximum atomic E-state index is 12.8. The highest BCUT2D eigenvalue weighted by Gasteiger charge is 2.33. The molecule has 0 aromatic carbocycles. The normalized spacial score (nSPS) is 11.7. The fourth-order valence-electron chi connectivity index (χ4n) is 0.944. The van der Waals surface area contributed by atoms with Crippen LogP contribution in [0.1, 0.15) is 22.5 Å². The Balaban J connectivity index is 3.26. The van der Waals surface area contributed by atoms with Gasteiger partial charge in [-0.3, -0.25) is 4.79 Å². The lowest BCUT2D eigenvalue weighted by Gasteiger charge is -2.11. The first-order valence-electron chi connectivity index (χ1n) is 3.94.